The number of aromatic nitrogens is 4. The van der Waals surface area contributed by atoms with Gasteiger partial charge in [0, 0.05) is 23.5 Å². The predicted octanol–water partition coefficient (Wildman–Crippen LogP) is 1.49. The van der Waals surface area contributed by atoms with E-state index in [2.05, 4.69) is 15.1 Å². The number of carbonyl (C=O) groups excluding carboxylic acids is 1. The first-order chi connectivity index (χ1) is 10.2. The molecule has 0 fully saturated rings. The Bertz CT molecular complexity index is 695. The maximum absolute atomic E-state index is 11.1. The fourth-order valence-corrected chi connectivity index (χ4v) is 2.11. The summed E-state index contributed by atoms with van der Waals surface area (Å²) in [6, 6.07) is 11.5. The molecule has 2 N–H and O–H groups in total. The molecule has 0 saturated heterocycles. The molecule has 0 radical (unpaired) electrons. The topological polar surface area (TPSA) is 86.7 Å². The molecule has 0 aliphatic heterocycles. The lowest BCUT2D eigenvalue weighted by atomic mass is 10.1. The highest BCUT2D eigenvalue weighted by Gasteiger charge is 2.14. The maximum atomic E-state index is 11.1. The van der Waals surface area contributed by atoms with Crippen molar-refractivity contribution in [3.8, 4) is 22.5 Å². The highest BCUT2D eigenvalue weighted by Crippen LogP contribution is 2.29. The van der Waals surface area contributed by atoms with Crippen LogP contribution in [-0.4, -0.2) is 25.7 Å². The molecule has 0 aliphatic carbocycles. The van der Waals surface area contributed by atoms with Crippen LogP contribution in [-0.2, 0) is 11.3 Å². The lowest BCUT2D eigenvalue weighted by Crippen LogP contribution is -2.18. The Hall–Kier alpha value is -3.02. The van der Waals surface area contributed by atoms with Gasteiger partial charge in [0.05, 0.1) is 5.69 Å². The maximum Gasteiger partial charge on any atom is 0.239 e. The summed E-state index contributed by atoms with van der Waals surface area (Å²) in [5.74, 6) is -0.439. The third kappa shape index (κ3) is 2.79. The van der Waals surface area contributed by atoms with Gasteiger partial charge in [0.15, 0.2) is 0 Å². The molecule has 0 saturated carbocycles. The van der Waals surface area contributed by atoms with E-state index < -0.39 is 5.91 Å². The number of hydrogen-bond donors (Lipinski definition) is 1. The van der Waals surface area contributed by atoms with Crippen LogP contribution < -0.4 is 5.73 Å². The van der Waals surface area contributed by atoms with Gasteiger partial charge in [0.1, 0.15) is 18.6 Å². The first kappa shape index (κ1) is 13.0. The molecule has 6 heteroatoms. The van der Waals surface area contributed by atoms with E-state index in [1.807, 2.05) is 30.3 Å². The second-order valence-corrected chi connectivity index (χ2v) is 4.52. The van der Waals surface area contributed by atoms with E-state index in [1.54, 1.807) is 18.5 Å². The smallest absolute Gasteiger partial charge is 0.239 e. The number of hydrogen-bond acceptors (Lipinski definition) is 4. The standard InChI is InChI=1S/C15H13N5O/c16-14(21)9-20-8-12(13-6-7-17-10-18-13)15(19-20)11-4-2-1-3-5-11/h1-8,10H,9H2,(H2,16,21). The highest BCUT2D eigenvalue weighted by molar-refractivity contribution is 5.79. The SMILES string of the molecule is NC(=O)Cn1cc(-c2ccncn2)c(-c2ccccc2)n1. The normalized spacial score (nSPS) is 10.5. The van der Waals surface area contributed by atoms with E-state index in [-0.39, 0.29) is 6.54 Å². The van der Waals surface area contributed by atoms with E-state index in [9.17, 15) is 4.79 Å². The molecule has 1 aromatic carbocycles. The number of benzene rings is 1. The predicted molar refractivity (Wildman–Crippen MR) is 77.9 cm³/mol. The number of nitrogens with two attached hydrogens (primary N) is 1. The molecule has 6 nitrogen and oxygen atoms in total. The zero-order chi connectivity index (χ0) is 14.7. The number of primary amides is 1. The average molecular weight is 279 g/mol. The lowest BCUT2D eigenvalue weighted by Gasteiger charge is -2.01. The summed E-state index contributed by atoms with van der Waals surface area (Å²) in [5, 5.41) is 4.45. The fraction of sp³-hybridized carbons (Fsp3) is 0.0667. The van der Waals surface area contributed by atoms with Crippen molar-refractivity contribution in [1.29, 1.82) is 0 Å². The van der Waals surface area contributed by atoms with Crippen molar-refractivity contribution < 1.29 is 4.79 Å². The van der Waals surface area contributed by atoms with Crippen molar-refractivity contribution in [2.75, 3.05) is 0 Å². The Kier molecular flexibility index (Phi) is 3.42. The van der Waals surface area contributed by atoms with Gasteiger partial charge < -0.3 is 5.73 Å². The number of rotatable bonds is 4. The molecule has 2 heterocycles. The number of nitrogens with zero attached hydrogens (tertiary/aromatic N) is 4. The van der Waals surface area contributed by atoms with E-state index in [1.165, 1.54) is 11.0 Å². The van der Waals surface area contributed by atoms with Crippen molar-refractivity contribution in [3.63, 3.8) is 0 Å². The Morgan fingerprint density at radius 1 is 1.19 bits per heavy atom. The average Bonchev–Trinajstić information content (AvgIpc) is 2.92. The Morgan fingerprint density at radius 2 is 2.00 bits per heavy atom. The van der Waals surface area contributed by atoms with Crippen LogP contribution in [0.4, 0.5) is 0 Å². The number of carbonyl (C=O) groups is 1. The van der Waals surface area contributed by atoms with Crippen LogP contribution in [0.3, 0.4) is 0 Å². The summed E-state index contributed by atoms with van der Waals surface area (Å²) in [6.07, 6.45) is 4.92. The molecular formula is C15H13N5O. The Morgan fingerprint density at radius 3 is 2.67 bits per heavy atom. The zero-order valence-electron chi connectivity index (χ0n) is 11.2. The molecule has 0 unspecified atom stereocenters. The molecule has 0 aliphatic rings. The monoisotopic (exact) mass is 279 g/mol. The third-order valence-electron chi connectivity index (χ3n) is 2.98. The van der Waals surface area contributed by atoms with E-state index in [0.717, 1.165) is 22.5 Å². The van der Waals surface area contributed by atoms with Crippen molar-refractivity contribution >= 4 is 5.91 Å². The van der Waals surface area contributed by atoms with Crippen molar-refractivity contribution in [2.45, 2.75) is 6.54 Å². The van der Waals surface area contributed by atoms with E-state index >= 15 is 0 Å². The van der Waals surface area contributed by atoms with Crippen LogP contribution >= 0.6 is 0 Å². The molecule has 0 atom stereocenters. The van der Waals surface area contributed by atoms with Gasteiger partial charge in [0.25, 0.3) is 0 Å². The van der Waals surface area contributed by atoms with Gasteiger partial charge in [0.2, 0.25) is 5.91 Å². The molecule has 3 aromatic rings. The first-order valence-corrected chi connectivity index (χ1v) is 6.41. The molecule has 21 heavy (non-hydrogen) atoms. The van der Waals surface area contributed by atoms with Crippen LogP contribution in [0.15, 0.2) is 55.1 Å². The van der Waals surface area contributed by atoms with Gasteiger partial charge in [-0.25, -0.2) is 9.97 Å². The summed E-state index contributed by atoms with van der Waals surface area (Å²) in [6.45, 7) is 0.0327. The second kappa shape index (κ2) is 5.54. The minimum atomic E-state index is -0.439. The molecule has 1 amide bonds. The van der Waals surface area contributed by atoms with Crippen molar-refractivity contribution in [3.05, 3.63) is 55.1 Å². The zero-order valence-corrected chi connectivity index (χ0v) is 11.2. The largest absolute Gasteiger partial charge is 0.368 e. The number of amides is 1. The van der Waals surface area contributed by atoms with Crippen molar-refractivity contribution in [1.82, 2.24) is 19.7 Å². The van der Waals surface area contributed by atoms with Gasteiger partial charge in [-0.1, -0.05) is 30.3 Å². The second-order valence-electron chi connectivity index (χ2n) is 4.52. The van der Waals surface area contributed by atoms with Gasteiger partial charge in [-0.05, 0) is 6.07 Å². The van der Waals surface area contributed by atoms with Crippen LogP contribution in [0.2, 0.25) is 0 Å². The molecule has 3 rings (SSSR count). The summed E-state index contributed by atoms with van der Waals surface area (Å²) in [4.78, 5) is 19.3. The van der Waals surface area contributed by atoms with Gasteiger partial charge >= 0.3 is 0 Å². The van der Waals surface area contributed by atoms with Crippen LogP contribution in [0, 0.1) is 0 Å². The minimum absolute atomic E-state index is 0.0327. The van der Waals surface area contributed by atoms with Crippen LogP contribution in [0.5, 0.6) is 0 Å². The van der Waals surface area contributed by atoms with Gasteiger partial charge in [-0.3, -0.25) is 9.48 Å². The highest BCUT2D eigenvalue weighted by atomic mass is 16.1. The fourth-order valence-electron chi connectivity index (χ4n) is 2.11. The minimum Gasteiger partial charge on any atom is -0.368 e. The molecule has 2 aromatic heterocycles. The van der Waals surface area contributed by atoms with Crippen LogP contribution in [0.25, 0.3) is 22.5 Å². The summed E-state index contributed by atoms with van der Waals surface area (Å²) in [5.41, 5.74) is 8.54. The lowest BCUT2D eigenvalue weighted by molar-refractivity contribution is -0.118. The molecule has 0 spiro atoms. The third-order valence-corrected chi connectivity index (χ3v) is 2.98. The van der Waals surface area contributed by atoms with Gasteiger partial charge in [-0.15, -0.1) is 0 Å². The van der Waals surface area contributed by atoms with Gasteiger partial charge in [-0.2, -0.15) is 5.10 Å². The van der Waals surface area contributed by atoms with E-state index in [4.69, 9.17) is 5.73 Å². The molecule has 104 valence electrons. The molecular weight excluding hydrogens is 266 g/mol. The summed E-state index contributed by atoms with van der Waals surface area (Å²) >= 11 is 0. The Balaban J connectivity index is 2.13. The van der Waals surface area contributed by atoms with E-state index in [0.29, 0.717) is 0 Å². The first-order valence-electron chi connectivity index (χ1n) is 6.41. The van der Waals surface area contributed by atoms with Crippen molar-refractivity contribution in [2.24, 2.45) is 5.73 Å². The quantitative estimate of drug-likeness (QED) is 0.784. The van der Waals surface area contributed by atoms with Crippen LogP contribution in [0.1, 0.15) is 0 Å². The molecule has 0 bridgehead atoms. The Labute approximate surface area is 121 Å². The summed E-state index contributed by atoms with van der Waals surface area (Å²) < 4.78 is 1.53. The summed E-state index contributed by atoms with van der Waals surface area (Å²) in [7, 11) is 0.